The van der Waals surface area contributed by atoms with E-state index in [9.17, 15) is 9.90 Å². The number of carbonyl (C=O) groups is 1. The van der Waals surface area contributed by atoms with E-state index in [-0.39, 0.29) is 34.6 Å². The summed E-state index contributed by atoms with van der Waals surface area (Å²) in [6, 6.07) is 2.78. The van der Waals surface area contributed by atoms with E-state index in [4.69, 9.17) is 23.2 Å². The van der Waals surface area contributed by atoms with Crippen molar-refractivity contribution in [3.63, 3.8) is 0 Å². The summed E-state index contributed by atoms with van der Waals surface area (Å²) in [6.07, 6.45) is 0. The highest BCUT2D eigenvalue weighted by Crippen LogP contribution is 2.31. The van der Waals surface area contributed by atoms with Gasteiger partial charge in [0.05, 0.1) is 10.6 Å². The average molecular weight is 312 g/mol. The maximum Gasteiger partial charge on any atom is 0.259 e. The van der Waals surface area contributed by atoms with Crippen molar-refractivity contribution in [2.75, 3.05) is 26.2 Å². The van der Waals surface area contributed by atoms with E-state index >= 15 is 0 Å². The summed E-state index contributed by atoms with van der Waals surface area (Å²) in [5, 5.41) is 13.4. The molecule has 0 atom stereocenters. The molecule has 1 amide bonds. The molecule has 0 radical (unpaired) electrons. The molecule has 1 aliphatic rings. The summed E-state index contributed by atoms with van der Waals surface area (Å²) >= 11 is 11.7. The number of hydrogen-bond acceptors (Lipinski definition) is 3. The molecule has 0 bridgehead atoms. The molecule has 7 heteroatoms. The zero-order valence-corrected chi connectivity index (χ0v) is 11.8. The van der Waals surface area contributed by atoms with Crippen LogP contribution in [0.2, 0.25) is 10.0 Å². The first kappa shape index (κ1) is 15.4. The van der Waals surface area contributed by atoms with Gasteiger partial charge in [-0.15, -0.1) is 12.4 Å². The smallest absolute Gasteiger partial charge is 0.259 e. The summed E-state index contributed by atoms with van der Waals surface area (Å²) in [4.78, 5) is 13.8. The predicted molar refractivity (Wildman–Crippen MR) is 74.1 cm³/mol. The van der Waals surface area contributed by atoms with Gasteiger partial charge in [0.25, 0.3) is 5.91 Å². The van der Waals surface area contributed by atoms with Crippen molar-refractivity contribution >= 4 is 41.5 Å². The van der Waals surface area contributed by atoms with E-state index < -0.39 is 0 Å². The Bertz CT molecular complexity index is 425. The number of phenolic OH excluding ortho intramolecular Hbond substituents is 1. The third kappa shape index (κ3) is 3.20. The molecule has 0 aromatic heterocycles. The van der Waals surface area contributed by atoms with Crippen LogP contribution in [0.3, 0.4) is 0 Å². The molecule has 2 rings (SSSR count). The van der Waals surface area contributed by atoms with Gasteiger partial charge in [-0.3, -0.25) is 4.79 Å². The van der Waals surface area contributed by atoms with E-state index in [2.05, 4.69) is 5.32 Å². The highest BCUT2D eigenvalue weighted by molar-refractivity contribution is 6.37. The van der Waals surface area contributed by atoms with E-state index in [1.165, 1.54) is 12.1 Å². The highest BCUT2D eigenvalue weighted by atomic mass is 35.5. The Labute approximate surface area is 121 Å². The largest absolute Gasteiger partial charge is 0.507 e. The molecular weight excluding hydrogens is 298 g/mol. The Hall–Kier alpha value is -0.680. The van der Waals surface area contributed by atoms with Gasteiger partial charge in [-0.1, -0.05) is 23.2 Å². The number of carbonyl (C=O) groups excluding carboxylic acids is 1. The molecule has 4 nitrogen and oxygen atoms in total. The van der Waals surface area contributed by atoms with E-state index in [0.29, 0.717) is 18.1 Å². The Kier molecular flexibility index (Phi) is 5.53. The number of phenols is 1. The average Bonchev–Trinajstić information content (AvgIpc) is 2.28. The Morgan fingerprint density at radius 3 is 2.44 bits per heavy atom. The lowest BCUT2D eigenvalue weighted by atomic mass is 10.1. The normalized spacial score (nSPS) is 15.1. The molecule has 1 aromatic carbocycles. The zero-order chi connectivity index (χ0) is 12.4. The van der Waals surface area contributed by atoms with Crippen molar-refractivity contribution in [3.05, 3.63) is 27.7 Å². The number of halogens is 3. The molecule has 1 heterocycles. The fourth-order valence-electron chi connectivity index (χ4n) is 1.80. The molecule has 1 aliphatic heterocycles. The number of benzene rings is 1. The van der Waals surface area contributed by atoms with Gasteiger partial charge in [0.1, 0.15) is 5.75 Å². The fraction of sp³-hybridized carbons (Fsp3) is 0.364. The van der Waals surface area contributed by atoms with E-state index in [1.807, 2.05) is 0 Å². The van der Waals surface area contributed by atoms with Gasteiger partial charge < -0.3 is 15.3 Å². The maximum absolute atomic E-state index is 12.2. The first-order chi connectivity index (χ1) is 8.09. The summed E-state index contributed by atoms with van der Waals surface area (Å²) < 4.78 is 0. The second kappa shape index (κ2) is 6.48. The number of amides is 1. The second-order valence-electron chi connectivity index (χ2n) is 3.82. The Balaban J connectivity index is 0.00000162. The second-order valence-corrected chi connectivity index (χ2v) is 4.67. The van der Waals surface area contributed by atoms with Crippen LogP contribution in [-0.2, 0) is 0 Å². The van der Waals surface area contributed by atoms with Crippen LogP contribution in [0.1, 0.15) is 10.4 Å². The first-order valence-electron chi connectivity index (χ1n) is 5.27. The topological polar surface area (TPSA) is 52.6 Å². The lowest BCUT2D eigenvalue weighted by Gasteiger charge is -2.28. The van der Waals surface area contributed by atoms with Crippen LogP contribution in [0.4, 0.5) is 0 Å². The van der Waals surface area contributed by atoms with Crippen molar-refractivity contribution in [2.45, 2.75) is 0 Å². The molecular formula is C11H13Cl3N2O2. The van der Waals surface area contributed by atoms with Gasteiger partial charge in [0, 0.05) is 31.2 Å². The van der Waals surface area contributed by atoms with Crippen molar-refractivity contribution in [2.24, 2.45) is 0 Å². The van der Waals surface area contributed by atoms with Crippen LogP contribution in [0.5, 0.6) is 5.75 Å². The number of piperazine rings is 1. The van der Waals surface area contributed by atoms with Gasteiger partial charge in [0.15, 0.2) is 0 Å². The van der Waals surface area contributed by atoms with Crippen molar-refractivity contribution in [1.82, 2.24) is 10.2 Å². The molecule has 0 aliphatic carbocycles. The van der Waals surface area contributed by atoms with Gasteiger partial charge in [-0.2, -0.15) is 0 Å². The minimum atomic E-state index is -0.259. The van der Waals surface area contributed by atoms with Crippen LogP contribution in [0.15, 0.2) is 12.1 Å². The molecule has 18 heavy (non-hydrogen) atoms. The number of nitrogens with one attached hydrogen (secondary N) is 1. The number of rotatable bonds is 1. The van der Waals surface area contributed by atoms with Crippen LogP contribution in [0.25, 0.3) is 0 Å². The van der Waals surface area contributed by atoms with Gasteiger partial charge in [0.2, 0.25) is 0 Å². The first-order valence-corrected chi connectivity index (χ1v) is 6.03. The number of nitrogens with zero attached hydrogens (tertiary/aromatic N) is 1. The molecule has 1 fully saturated rings. The van der Waals surface area contributed by atoms with Crippen LogP contribution in [-0.4, -0.2) is 42.1 Å². The van der Waals surface area contributed by atoms with Gasteiger partial charge in [-0.05, 0) is 12.1 Å². The monoisotopic (exact) mass is 310 g/mol. The van der Waals surface area contributed by atoms with Gasteiger partial charge >= 0.3 is 0 Å². The molecule has 1 saturated heterocycles. The maximum atomic E-state index is 12.2. The molecule has 0 unspecified atom stereocenters. The Morgan fingerprint density at radius 1 is 1.28 bits per heavy atom. The minimum Gasteiger partial charge on any atom is -0.507 e. The highest BCUT2D eigenvalue weighted by Gasteiger charge is 2.23. The molecule has 100 valence electrons. The summed E-state index contributed by atoms with van der Waals surface area (Å²) in [5.74, 6) is -0.434. The minimum absolute atomic E-state index is 0. The van der Waals surface area contributed by atoms with Crippen LogP contribution < -0.4 is 5.32 Å². The molecule has 0 saturated carbocycles. The van der Waals surface area contributed by atoms with Crippen molar-refractivity contribution in [3.8, 4) is 5.75 Å². The number of hydrogen-bond donors (Lipinski definition) is 2. The number of aromatic hydroxyl groups is 1. The quantitative estimate of drug-likeness (QED) is 0.836. The SMILES string of the molecule is Cl.O=C(c1c(O)cc(Cl)cc1Cl)N1CCNCC1. The van der Waals surface area contributed by atoms with Crippen LogP contribution in [0, 0.1) is 0 Å². The van der Waals surface area contributed by atoms with Crippen molar-refractivity contribution in [1.29, 1.82) is 0 Å². The molecule has 0 spiro atoms. The van der Waals surface area contributed by atoms with Crippen LogP contribution >= 0.6 is 35.6 Å². The summed E-state index contributed by atoms with van der Waals surface area (Å²) in [7, 11) is 0. The lowest BCUT2D eigenvalue weighted by molar-refractivity contribution is 0.0733. The summed E-state index contributed by atoms with van der Waals surface area (Å²) in [5.41, 5.74) is 0.123. The van der Waals surface area contributed by atoms with Gasteiger partial charge in [-0.25, -0.2) is 0 Å². The standard InChI is InChI=1S/C11H12Cl2N2O2.ClH/c12-7-5-8(13)10(9(16)6-7)11(17)15-3-1-14-2-4-15;/h5-6,14,16H,1-4H2;1H. The van der Waals surface area contributed by atoms with Crippen molar-refractivity contribution < 1.29 is 9.90 Å². The third-order valence-corrected chi connectivity index (χ3v) is 3.17. The lowest BCUT2D eigenvalue weighted by Crippen LogP contribution is -2.46. The predicted octanol–water partition coefficient (Wildman–Crippen LogP) is 2.17. The third-order valence-electron chi connectivity index (χ3n) is 2.65. The van der Waals surface area contributed by atoms with E-state index in [0.717, 1.165) is 13.1 Å². The fourth-order valence-corrected chi connectivity index (χ4v) is 2.36. The van der Waals surface area contributed by atoms with E-state index in [1.54, 1.807) is 4.90 Å². The zero-order valence-electron chi connectivity index (χ0n) is 9.45. The molecule has 2 N–H and O–H groups in total. The Morgan fingerprint density at radius 2 is 1.89 bits per heavy atom. The summed E-state index contributed by atoms with van der Waals surface area (Å²) in [6.45, 7) is 2.71. The molecule has 1 aromatic rings.